The standard InChI is InChI=1S/C20H27ClN2O4/c1-12(2)10-17(24)22-14-4-5-16(21)15(11-14)18(25)23-20(19(26)27)8-6-13(3)7-9-20/h4-5,11-13H,6-10H2,1-3H3,(H,22,24)(H,23,25)(H,26,27). The third kappa shape index (κ3) is 5.45. The van der Waals surface area contributed by atoms with E-state index in [9.17, 15) is 19.5 Å². The number of carbonyl (C=O) groups excluding carboxylic acids is 2. The normalized spacial score (nSPS) is 22.3. The van der Waals surface area contributed by atoms with Crippen LogP contribution >= 0.6 is 11.6 Å². The van der Waals surface area contributed by atoms with Crippen molar-refractivity contribution in [2.75, 3.05) is 5.32 Å². The SMILES string of the molecule is CC(C)CC(=O)Nc1ccc(Cl)c(C(=O)NC2(C(=O)O)CCC(C)CC2)c1. The molecule has 27 heavy (non-hydrogen) atoms. The molecule has 0 bridgehead atoms. The number of nitrogens with one attached hydrogen (secondary N) is 2. The van der Waals surface area contributed by atoms with Gasteiger partial charge in [0.2, 0.25) is 5.91 Å². The Balaban J connectivity index is 2.18. The van der Waals surface area contributed by atoms with Crippen LogP contribution in [0.5, 0.6) is 0 Å². The molecule has 0 heterocycles. The molecule has 7 heteroatoms. The minimum atomic E-state index is -1.27. The van der Waals surface area contributed by atoms with Crippen molar-refractivity contribution in [3.8, 4) is 0 Å². The van der Waals surface area contributed by atoms with Gasteiger partial charge in [-0.1, -0.05) is 32.4 Å². The highest BCUT2D eigenvalue weighted by Gasteiger charge is 2.42. The van der Waals surface area contributed by atoms with Crippen LogP contribution in [0.15, 0.2) is 18.2 Å². The van der Waals surface area contributed by atoms with Crippen molar-refractivity contribution in [1.82, 2.24) is 5.32 Å². The number of benzene rings is 1. The minimum Gasteiger partial charge on any atom is -0.480 e. The van der Waals surface area contributed by atoms with Gasteiger partial charge in [-0.3, -0.25) is 9.59 Å². The largest absolute Gasteiger partial charge is 0.480 e. The van der Waals surface area contributed by atoms with E-state index in [-0.39, 0.29) is 22.4 Å². The number of carboxylic acids is 1. The molecule has 1 saturated carbocycles. The molecule has 1 fully saturated rings. The van der Waals surface area contributed by atoms with Crippen LogP contribution in [0.4, 0.5) is 5.69 Å². The monoisotopic (exact) mass is 394 g/mol. The van der Waals surface area contributed by atoms with Crippen molar-refractivity contribution in [3.05, 3.63) is 28.8 Å². The Hall–Kier alpha value is -2.08. The molecule has 1 aliphatic rings. The van der Waals surface area contributed by atoms with Crippen molar-refractivity contribution in [2.24, 2.45) is 11.8 Å². The fraction of sp³-hybridized carbons (Fsp3) is 0.550. The molecule has 1 aromatic carbocycles. The highest BCUT2D eigenvalue weighted by Crippen LogP contribution is 2.33. The lowest BCUT2D eigenvalue weighted by Crippen LogP contribution is -2.56. The van der Waals surface area contributed by atoms with Gasteiger partial charge in [0.1, 0.15) is 5.54 Å². The van der Waals surface area contributed by atoms with Crippen LogP contribution in [0.1, 0.15) is 63.2 Å². The second kappa shape index (κ2) is 8.74. The second-order valence-electron chi connectivity index (χ2n) is 7.86. The molecule has 0 unspecified atom stereocenters. The molecule has 0 radical (unpaired) electrons. The molecule has 1 aliphatic carbocycles. The average Bonchev–Trinajstić information content (AvgIpc) is 2.57. The van der Waals surface area contributed by atoms with Crippen LogP contribution in [0.3, 0.4) is 0 Å². The summed E-state index contributed by atoms with van der Waals surface area (Å²) in [6.45, 7) is 5.96. The van der Waals surface area contributed by atoms with Crippen LogP contribution in [0.25, 0.3) is 0 Å². The van der Waals surface area contributed by atoms with Crippen molar-refractivity contribution >= 4 is 35.1 Å². The number of hydrogen-bond acceptors (Lipinski definition) is 3. The van der Waals surface area contributed by atoms with Gasteiger partial charge in [0.15, 0.2) is 0 Å². The molecule has 6 nitrogen and oxygen atoms in total. The summed E-state index contributed by atoms with van der Waals surface area (Å²) in [4.78, 5) is 36.6. The summed E-state index contributed by atoms with van der Waals surface area (Å²) >= 11 is 6.16. The fourth-order valence-electron chi connectivity index (χ4n) is 3.29. The molecular formula is C20H27ClN2O4. The molecule has 0 aromatic heterocycles. The molecule has 2 rings (SSSR count). The molecule has 0 aliphatic heterocycles. The van der Waals surface area contributed by atoms with E-state index >= 15 is 0 Å². The first kappa shape index (κ1) is 21.2. The Morgan fingerprint density at radius 2 is 1.89 bits per heavy atom. The molecular weight excluding hydrogens is 368 g/mol. The quantitative estimate of drug-likeness (QED) is 0.677. The maximum atomic E-state index is 12.8. The first-order chi connectivity index (χ1) is 12.6. The number of halogens is 1. The number of carboxylic acid groups (broad SMARTS) is 1. The van der Waals surface area contributed by atoms with E-state index in [2.05, 4.69) is 17.6 Å². The van der Waals surface area contributed by atoms with E-state index in [4.69, 9.17) is 11.6 Å². The Labute approximate surface area is 164 Å². The zero-order valence-corrected chi connectivity index (χ0v) is 16.7. The fourth-order valence-corrected chi connectivity index (χ4v) is 3.50. The van der Waals surface area contributed by atoms with E-state index in [1.807, 2.05) is 13.8 Å². The van der Waals surface area contributed by atoms with E-state index in [1.54, 1.807) is 6.07 Å². The Morgan fingerprint density at radius 1 is 1.26 bits per heavy atom. The Morgan fingerprint density at radius 3 is 2.44 bits per heavy atom. The smallest absolute Gasteiger partial charge is 0.329 e. The lowest BCUT2D eigenvalue weighted by Gasteiger charge is -2.36. The van der Waals surface area contributed by atoms with Gasteiger partial charge < -0.3 is 15.7 Å². The van der Waals surface area contributed by atoms with Crippen LogP contribution in [0, 0.1) is 11.8 Å². The van der Waals surface area contributed by atoms with Crippen molar-refractivity contribution in [1.29, 1.82) is 0 Å². The maximum Gasteiger partial charge on any atom is 0.329 e. The average molecular weight is 395 g/mol. The van der Waals surface area contributed by atoms with Gasteiger partial charge in [0.25, 0.3) is 5.91 Å². The zero-order valence-electron chi connectivity index (χ0n) is 16.0. The van der Waals surface area contributed by atoms with Gasteiger partial charge in [-0.05, 0) is 55.7 Å². The summed E-state index contributed by atoms with van der Waals surface area (Å²) < 4.78 is 0. The summed E-state index contributed by atoms with van der Waals surface area (Å²) in [5, 5.41) is 15.3. The third-order valence-corrected chi connectivity index (χ3v) is 5.31. The van der Waals surface area contributed by atoms with Gasteiger partial charge in [-0.2, -0.15) is 0 Å². The van der Waals surface area contributed by atoms with Crippen molar-refractivity contribution in [2.45, 2.75) is 58.4 Å². The highest BCUT2D eigenvalue weighted by atomic mass is 35.5. The number of hydrogen-bond donors (Lipinski definition) is 3. The molecule has 3 N–H and O–H groups in total. The predicted molar refractivity (Wildman–Crippen MR) is 105 cm³/mol. The van der Waals surface area contributed by atoms with Crippen molar-refractivity contribution in [3.63, 3.8) is 0 Å². The van der Waals surface area contributed by atoms with Crippen LogP contribution in [-0.4, -0.2) is 28.4 Å². The highest BCUT2D eigenvalue weighted by molar-refractivity contribution is 6.34. The number of carbonyl (C=O) groups is 3. The van der Waals surface area contributed by atoms with E-state index in [1.165, 1.54) is 12.1 Å². The summed E-state index contributed by atoms with van der Waals surface area (Å²) in [6.07, 6.45) is 2.62. The first-order valence-electron chi connectivity index (χ1n) is 9.28. The lowest BCUT2D eigenvalue weighted by atomic mass is 9.77. The molecule has 0 spiro atoms. The topological polar surface area (TPSA) is 95.5 Å². The molecule has 0 saturated heterocycles. The van der Waals surface area contributed by atoms with E-state index < -0.39 is 17.4 Å². The summed E-state index contributed by atoms with van der Waals surface area (Å²) in [6, 6.07) is 4.63. The summed E-state index contributed by atoms with van der Waals surface area (Å²) in [5.41, 5.74) is -0.667. The van der Waals surface area contributed by atoms with Crippen LogP contribution in [-0.2, 0) is 9.59 Å². The van der Waals surface area contributed by atoms with Gasteiger partial charge in [-0.15, -0.1) is 0 Å². The Bertz CT molecular complexity index is 725. The van der Waals surface area contributed by atoms with Gasteiger partial charge >= 0.3 is 5.97 Å². The van der Waals surface area contributed by atoms with E-state index in [0.29, 0.717) is 30.9 Å². The maximum absolute atomic E-state index is 12.8. The number of aliphatic carboxylic acids is 1. The molecule has 2 amide bonds. The zero-order chi connectivity index (χ0) is 20.2. The summed E-state index contributed by atoms with van der Waals surface area (Å²) in [5.74, 6) is -1.07. The minimum absolute atomic E-state index is 0.151. The van der Waals surface area contributed by atoms with E-state index in [0.717, 1.165) is 12.8 Å². The van der Waals surface area contributed by atoms with Crippen LogP contribution in [0.2, 0.25) is 5.02 Å². The molecule has 1 aromatic rings. The third-order valence-electron chi connectivity index (χ3n) is 4.98. The molecule has 148 valence electrons. The Kier molecular flexibility index (Phi) is 6.87. The van der Waals surface area contributed by atoms with Crippen molar-refractivity contribution < 1.29 is 19.5 Å². The summed E-state index contributed by atoms with van der Waals surface area (Å²) in [7, 11) is 0. The predicted octanol–water partition coefficient (Wildman–Crippen LogP) is 4.09. The first-order valence-corrected chi connectivity index (χ1v) is 9.66. The second-order valence-corrected chi connectivity index (χ2v) is 8.27. The van der Waals surface area contributed by atoms with Gasteiger partial charge in [0, 0.05) is 12.1 Å². The van der Waals surface area contributed by atoms with Crippen LogP contribution < -0.4 is 10.6 Å². The molecule has 0 atom stereocenters. The van der Waals surface area contributed by atoms with Gasteiger partial charge in [-0.25, -0.2) is 4.79 Å². The number of amides is 2. The lowest BCUT2D eigenvalue weighted by molar-refractivity contribution is -0.146. The van der Waals surface area contributed by atoms with Gasteiger partial charge in [0.05, 0.1) is 10.6 Å². The number of rotatable bonds is 6. The number of anilines is 1.